The lowest BCUT2D eigenvalue weighted by atomic mass is 9.99. The van der Waals surface area contributed by atoms with Crippen molar-refractivity contribution < 1.29 is 4.74 Å². The Morgan fingerprint density at radius 1 is 1.04 bits per heavy atom. The standard InChI is InChI=1S/C21H28N2O/c1-16-6-4-5-7-21(16)17(2)22-18-12-14-23(15-13-18)19-8-10-20(24-3)11-9-19/h4-11,17-18,22H,12-15H2,1-3H3/t17-/m0/s1. The molecule has 0 saturated carbocycles. The fraction of sp³-hybridized carbons (Fsp3) is 0.429. The summed E-state index contributed by atoms with van der Waals surface area (Å²) in [6, 6.07) is 18.1. The molecule has 1 N–H and O–H groups in total. The molecule has 1 aliphatic rings. The summed E-state index contributed by atoms with van der Waals surface area (Å²) in [6.45, 7) is 6.67. The first-order chi connectivity index (χ1) is 11.7. The Balaban J connectivity index is 1.54. The van der Waals surface area contributed by atoms with E-state index in [1.54, 1.807) is 7.11 Å². The maximum Gasteiger partial charge on any atom is 0.119 e. The zero-order chi connectivity index (χ0) is 16.9. The number of nitrogens with zero attached hydrogens (tertiary/aromatic N) is 1. The molecule has 1 saturated heterocycles. The van der Waals surface area contributed by atoms with Crippen LogP contribution in [-0.4, -0.2) is 26.2 Å². The smallest absolute Gasteiger partial charge is 0.119 e. The lowest BCUT2D eigenvalue weighted by Crippen LogP contribution is -2.43. The van der Waals surface area contributed by atoms with E-state index in [2.05, 4.69) is 60.5 Å². The van der Waals surface area contributed by atoms with E-state index in [0.29, 0.717) is 12.1 Å². The van der Waals surface area contributed by atoms with Crippen molar-refractivity contribution in [1.29, 1.82) is 0 Å². The van der Waals surface area contributed by atoms with Gasteiger partial charge < -0.3 is 15.0 Å². The van der Waals surface area contributed by atoms with Crippen molar-refractivity contribution in [1.82, 2.24) is 5.32 Å². The summed E-state index contributed by atoms with van der Waals surface area (Å²) in [5.74, 6) is 0.919. The summed E-state index contributed by atoms with van der Waals surface area (Å²) in [5, 5.41) is 3.82. The molecular weight excluding hydrogens is 296 g/mol. The fourth-order valence-electron chi connectivity index (χ4n) is 3.61. The first kappa shape index (κ1) is 16.8. The molecule has 1 heterocycles. The minimum atomic E-state index is 0.406. The highest BCUT2D eigenvalue weighted by molar-refractivity contribution is 5.49. The van der Waals surface area contributed by atoms with Gasteiger partial charge in [-0.25, -0.2) is 0 Å². The molecular formula is C21H28N2O. The third-order valence-electron chi connectivity index (χ3n) is 5.07. The van der Waals surface area contributed by atoms with E-state index in [-0.39, 0.29) is 0 Å². The Morgan fingerprint density at radius 3 is 2.33 bits per heavy atom. The van der Waals surface area contributed by atoms with Crippen LogP contribution in [-0.2, 0) is 0 Å². The summed E-state index contributed by atoms with van der Waals surface area (Å²) in [7, 11) is 1.71. The van der Waals surface area contributed by atoms with Crippen LogP contribution in [0, 0.1) is 6.92 Å². The number of hydrogen-bond donors (Lipinski definition) is 1. The summed E-state index contributed by atoms with van der Waals surface area (Å²) in [4.78, 5) is 2.47. The SMILES string of the molecule is COc1ccc(N2CCC(N[C@@H](C)c3ccccc3C)CC2)cc1. The van der Waals surface area contributed by atoms with Crippen LogP contribution >= 0.6 is 0 Å². The quantitative estimate of drug-likeness (QED) is 0.886. The number of ether oxygens (including phenoxy) is 1. The number of rotatable bonds is 5. The van der Waals surface area contributed by atoms with Crippen molar-refractivity contribution in [2.24, 2.45) is 0 Å². The van der Waals surface area contributed by atoms with E-state index < -0.39 is 0 Å². The van der Waals surface area contributed by atoms with Crippen LogP contribution < -0.4 is 15.0 Å². The highest BCUT2D eigenvalue weighted by atomic mass is 16.5. The Bertz CT molecular complexity index is 645. The number of anilines is 1. The minimum Gasteiger partial charge on any atom is -0.497 e. The summed E-state index contributed by atoms with van der Waals surface area (Å²) in [5.41, 5.74) is 4.07. The molecule has 2 aromatic carbocycles. The largest absolute Gasteiger partial charge is 0.497 e. The van der Waals surface area contributed by atoms with Gasteiger partial charge in [0.05, 0.1) is 7.11 Å². The first-order valence-electron chi connectivity index (χ1n) is 8.88. The molecule has 0 unspecified atom stereocenters. The third kappa shape index (κ3) is 3.90. The molecule has 3 rings (SSSR count). The molecule has 1 atom stereocenters. The van der Waals surface area contributed by atoms with E-state index >= 15 is 0 Å². The van der Waals surface area contributed by atoms with Gasteiger partial charge in [0, 0.05) is 30.9 Å². The second-order valence-corrected chi connectivity index (χ2v) is 6.70. The van der Waals surface area contributed by atoms with E-state index in [1.807, 2.05) is 12.1 Å². The minimum absolute atomic E-state index is 0.406. The van der Waals surface area contributed by atoms with Crippen molar-refractivity contribution in [2.45, 2.75) is 38.8 Å². The highest BCUT2D eigenvalue weighted by Gasteiger charge is 2.21. The molecule has 128 valence electrons. The second kappa shape index (κ2) is 7.71. The van der Waals surface area contributed by atoms with Gasteiger partial charge in [-0.05, 0) is 62.1 Å². The lowest BCUT2D eigenvalue weighted by Gasteiger charge is -2.35. The van der Waals surface area contributed by atoms with Crippen LogP contribution in [0.3, 0.4) is 0 Å². The summed E-state index contributed by atoms with van der Waals surface area (Å²) >= 11 is 0. The number of piperidine rings is 1. The topological polar surface area (TPSA) is 24.5 Å². The Labute approximate surface area is 145 Å². The predicted octanol–water partition coefficient (Wildman–Crippen LogP) is 4.32. The van der Waals surface area contributed by atoms with E-state index in [0.717, 1.165) is 18.8 Å². The number of nitrogens with one attached hydrogen (secondary N) is 1. The molecule has 2 aromatic rings. The fourth-order valence-corrected chi connectivity index (χ4v) is 3.61. The van der Waals surface area contributed by atoms with Gasteiger partial charge in [0.15, 0.2) is 0 Å². The summed E-state index contributed by atoms with van der Waals surface area (Å²) in [6.07, 6.45) is 2.37. The number of aryl methyl sites for hydroxylation is 1. The molecule has 0 aromatic heterocycles. The van der Waals surface area contributed by atoms with Crippen molar-refractivity contribution in [3.8, 4) is 5.75 Å². The van der Waals surface area contributed by atoms with Gasteiger partial charge in [0.2, 0.25) is 0 Å². The summed E-state index contributed by atoms with van der Waals surface area (Å²) < 4.78 is 5.24. The van der Waals surface area contributed by atoms with Gasteiger partial charge in [-0.3, -0.25) is 0 Å². The van der Waals surface area contributed by atoms with Gasteiger partial charge in [-0.15, -0.1) is 0 Å². The van der Waals surface area contributed by atoms with Gasteiger partial charge in [0.25, 0.3) is 0 Å². The maximum absolute atomic E-state index is 5.24. The monoisotopic (exact) mass is 324 g/mol. The van der Waals surface area contributed by atoms with E-state index in [4.69, 9.17) is 4.74 Å². The Morgan fingerprint density at radius 2 is 1.71 bits per heavy atom. The normalized spacial score (nSPS) is 16.9. The van der Waals surface area contributed by atoms with Crippen LogP contribution in [0.5, 0.6) is 5.75 Å². The lowest BCUT2D eigenvalue weighted by molar-refractivity contribution is 0.380. The molecule has 1 fully saturated rings. The Hall–Kier alpha value is -2.00. The van der Waals surface area contributed by atoms with E-state index in [1.165, 1.54) is 29.7 Å². The average molecular weight is 324 g/mol. The van der Waals surface area contributed by atoms with Crippen molar-refractivity contribution >= 4 is 5.69 Å². The molecule has 0 spiro atoms. The molecule has 0 bridgehead atoms. The molecule has 1 aliphatic heterocycles. The molecule has 24 heavy (non-hydrogen) atoms. The van der Waals surface area contributed by atoms with Gasteiger partial charge in [-0.2, -0.15) is 0 Å². The first-order valence-corrected chi connectivity index (χ1v) is 8.88. The molecule has 3 heteroatoms. The van der Waals surface area contributed by atoms with Crippen molar-refractivity contribution in [3.05, 3.63) is 59.7 Å². The van der Waals surface area contributed by atoms with Crippen LogP contribution in [0.25, 0.3) is 0 Å². The average Bonchev–Trinajstić information content (AvgIpc) is 2.63. The van der Waals surface area contributed by atoms with Crippen LogP contribution in [0.1, 0.15) is 36.9 Å². The zero-order valence-electron chi connectivity index (χ0n) is 15.0. The zero-order valence-corrected chi connectivity index (χ0v) is 15.0. The van der Waals surface area contributed by atoms with Gasteiger partial charge in [-0.1, -0.05) is 24.3 Å². The second-order valence-electron chi connectivity index (χ2n) is 6.70. The molecule has 0 radical (unpaired) electrons. The third-order valence-corrected chi connectivity index (χ3v) is 5.07. The van der Waals surface area contributed by atoms with Gasteiger partial charge >= 0.3 is 0 Å². The molecule has 0 amide bonds. The van der Waals surface area contributed by atoms with E-state index in [9.17, 15) is 0 Å². The van der Waals surface area contributed by atoms with Crippen LogP contribution in [0.15, 0.2) is 48.5 Å². The number of methoxy groups -OCH3 is 1. The van der Waals surface area contributed by atoms with Gasteiger partial charge in [0.1, 0.15) is 5.75 Å². The predicted molar refractivity (Wildman–Crippen MR) is 101 cm³/mol. The highest BCUT2D eigenvalue weighted by Crippen LogP contribution is 2.24. The van der Waals surface area contributed by atoms with Crippen LogP contribution in [0.4, 0.5) is 5.69 Å². The van der Waals surface area contributed by atoms with Crippen molar-refractivity contribution in [2.75, 3.05) is 25.1 Å². The number of hydrogen-bond acceptors (Lipinski definition) is 3. The molecule has 0 aliphatic carbocycles. The molecule has 3 nitrogen and oxygen atoms in total. The van der Waals surface area contributed by atoms with Crippen molar-refractivity contribution in [3.63, 3.8) is 0 Å². The Kier molecular flexibility index (Phi) is 5.41. The van der Waals surface area contributed by atoms with Crippen LogP contribution in [0.2, 0.25) is 0 Å². The number of benzene rings is 2. The maximum atomic E-state index is 5.24.